The molecule has 5 nitrogen and oxygen atoms in total. The number of nitrogens with zero attached hydrogens (tertiary/aromatic N) is 2. The topological polar surface area (TPSA) is 74.4 Å². The van der Waals surface area contributed by atoms with E-state index in [1.807, 2.05) is 6.07 Å². The van der Waals surface area contributed by atoms with Crippen LogP contribution in [0, 0.1) is 0 Å². The number of aromatic nitrogens is 4. The van der Waals surface area contributed by atoms with Gasteiger partial charge in [0.05, 0.1) is 33.9 Å². The molecule has 2 aliphatic rings. The molecule has 0 aliphatic carbocycles. The number of nitrogens with one attached hydrogen (secondary N) is 2. The molecule has 10 rings (SSSR count). The third-order valence-corrected chi connectivity index (χ3v) is 16.0. The molecular weight excluding hydrogens is 949 g/mol. The van der Waals surface area contributed by atoms with Crippen LogP contribution in [-0.2, 0) is 32.5 Å². The van der Waals surface area contributed by atoms with Crippen molar-refractivity contribution in [1.82, 2.24) is 19.9 Å². The van der Waals surface area contributed by atoms with Gasteiger partial charge in [-0.15, -0.1) is 0 Å². The number of hydrogen-bond acceptors (Lipinski definition) is 3. The van der Waals surface area contributed by atoms with Gasteiger partial charge < -0.3 is 9.97 Å². The highest BCUT2D eigenvalue weighted by molar-refractivity contribution is 6.09. The highest BCUT2D eigenvalue weighted by Gasteiger charge is 2.29. The van der Waals surface area contributed by atoms with E-state index in [9.17, 15) is 4.79 Å². The quantitative estimate of drug-likeness (QED) is 0.169. The fourth-order valence-corrected chi connectivity index (χ4v) is 10.9. The summed E-state index contributed by atoms with van der Waals surface area (Å²) in [7, 11) is 0. The van der Waals surface area contributed by atoms with Crippen molar-refractivity contribution in [2.24, 2.45) is 0 Å². The van der Waals surface area contributed by atoms with Gasteiger partial charge in [-0.1, -0.05) is 222 Å². The standard InChI is InChI=1S/C73H80N4O/c1-68(2,3)47-32-44(33-48(38-47)69(4,5)6)64-58-27-26-57(74-58)56(42-78)67-55(54-25-21-23-43-22-19-20-24-53(43)54)41-63(77-67)66(46-36-51(72(13,14)15)40-52(37-46)73(16,17)18)62-31-30-61(76-62)65(60-29-28-59(64)75-60)45-34-49(70(7,8)9)39-50(35-45)71(10,11)12/h19-42,74,76H,1-18H3. The van der Waals surface area contributed by atoms with E-state index in [0.29, 0.717) is 16.8 Å². The number of carbonyl (C=O) groups excluding carboxylic acids is 1. The molecular formula is C73H80N4O. The molecule has 8 aromatic rings. The van der Waals surface area contributed by atoms with Crippen molar-refractivity contribution in [3.8, 4) is 33.4 Å². The first-order valence-electron chi connectivity index (χ1n) is 28.0. The van der Waals surface area contributed by atoms with E-state index >= 15 is 0 Å². The largest absolute Gasteiger partial charge is 0.354 e. The minimum Gasteiger partial charge on any atom is -0.354 e. The molecule has 0 atom stereocenters. The fraction of sp³-hybridized carbons (Fsp3) is 0.329. The van der Waals surface area contributed by atoms with E-state index in [2.05, 4.69) is 268 Å². The summed E-state index contributed by atoms with van der Waals surface area (Å²) in [5.41, 5.74) is 21.7. The zero-order valence-corrected chi connectivity index (χ0v) is 49.7. The highest BCUT2D eigenvalue weighted by Crippen LogP contribution is 2.45. The average molecular weight is 1030 g/mol. The van der Waals surface area contributed by atoms with Gasteiger partial charge >= 0.3 is 0 Å². The zero-order valence-electron chi connectivity index (χ0n) is 49.7. The SMILES string of the molecule is CC(C)(C)c1cc(-c2c3nc(c(-c4cc(C(C)(C)C)cc(C(C)(C)C)c4)c4ccc([nH]4)c(-c4cc(C(C)(C)C)cc(C(C)(C)C)c4)c4nc(c(C=O)c5ccc2[nH]5)C(c2cccc5ccccc25)=C4)C=C3)cc(C(C)(C)C)c1. The summed E-state index contributed by atoms with van der Waals surface area (Å²) < 4.78 is 0. The number of H-pyrrole nitrogens is 2. The minimum atomic E-state index is -0.151. The van der Waals surface area contributed by atoms with E-state index in [1.54, 1.807) is 0 Å². The summed E-state index contributed by atoms with van der Waals surface area (Å²) >= 11 is 0. The van der Waals surface area contributed by atoms with E-state index in [1.165, 1.54) is 33.4 Å². The second kappa shape index (κ2) is 18.9. The minimum absolute atomic E-state index is 0.125. The number of rotatable bonds is 5. The highest BCUT2D eigenvalue weighted by atomic mass is 16.1. The van der Waals surface area contributed by atoms with Crippen LogP contribution < -0.4 is 0 Å². The predicted octanol–water partition coefficient (Wildman–Crippen LogP) is 19.8. The molecule has 0 amide bonds. The number of aldehydes is 1. The first kappa shape index (κ1) is 54.0. The molecule has 398 valence electrons. The van der Waals surface area contributed by atoms with Crippen molar-refractivity contribution in [3.05, 3.63) is 189 Å². The number of fused-ring (bicyclic) bond motifs is 9. The third kappa shape index (κ3) is 10.3. The van der Waals surface area contributed by atoms with Crippen LogP contribution in [0.5, 0.6) is 0 Å². The van der Waals surface area contributed by atoms with Gasteiger partial charge in [0.1, 0.15) is 0 Å². The van der Waals surface area contributed by atoms with Gasteiger partial charge in [0.2, 0.25) is 0 Å². The molecule has 0 saturated heterocycles. The molecule has 2 N–H and O–H groups in total. The van der Waals surface area contributed by atoms with E-state index in [4.69, 9.17) is 9.97 Å². The van der Waals surface area contributed by atoms with Crippen LogP contribution in [-0.4, -0.2) is 26.2 Å². The van der Waals surface area contributed by atoms with Crippen molar-refractivity contribution in [1.29, 1.82) is 0 Å². The Kier molecular flexibility index (Phi) is 13.1. The van der Waals surface area contributed by atoms with E-state index < -0.39 is 0 Å². The molecule has 2 aliphatic heterocycles. The summed E-state index contributed by atoms with van der Waals surface area (Å²) in [5.74, 6) is 0. The number of hydrogen-bond donors (Lipinski definition) is 2. The first-order valence-corrected chi connectivity index (χ1v) is 28.0. The number of aromatic amines is 2. The Bertz CT molecular complexity index is 3870. The molecule has 3 aromatic heterocycles. The summed E-state index contributed by atoms with van der Waals surface area (Å²) in [4.78, 5) is 33.6. The van der Waals surface area contributed by atoms with Gasteiger partial charge in [0.25, 0.3) is 0 Å². The van der Waals surface area contributed by atoms with Crippen molar-refractivity contribution < 1.29 is 4.79 Å². The molecule has 0 radical (unpaired) electrons. The van der Waals surface area contributed by atoms with Crippen LogP contribution in [0.1, 0.15) is 197 Å². The van der Waals surface area contributed by atoms with Crippen molar-refractivity contribution in [3.63, 3.8) is 0 Å². The Labute approximate surface area is 464 Å². The van der Waals surface area contributed by atoms with Gasteiger partial charge in [-0.3, -0.25) is 4.79 Å². The second-order valence-electron chi connectivity index (χ2n) is 28.3. The molecule has 5 heteroatoms. The van der Waals surface area contributed by atoms with Gasteiger partial charge in [0.15, 0.2) is 6.29 Å². The normalized spacial score (nSPS) is 13.6. The van der Waals surface area contributed by atoms with E-state index in [0.717, 1.165) is 95.2 Å². The van der Waals surface area contributed by atoms with Gasteiger partial charge in [0, 0.05) is 38.8 Å². The maximum Gasteiger partial charge on any atom is 0.154 e. The lowest BCUT2D eigenvalue weighted by molar-refractivity contribution is 0.112. The Morgan fingerprint density at radius 3 is 1.14 bits per heavy atom. The van der Waals surface area contributed by atoms with Gasteiger partial charge in [-0.25, -0.2) is 9.97 Å². The second-order valence-corrected chi connectivity index (χ2v) is 28.3. The maximum atomic E-state index is 14.2. The molecule has 5 aromatic carbocycles. The molecule has 0 saturated carbocycles. The lowest BCUT2D eigenvalue weighted by Gasteiger charge is -2.26. The molecule has 0 fully saturated rings. The van der Waals surface area contributed by atoms with Gasteiger partial charge in [-0.2, -0.15) is 0 Å². The molecule has 0 unspecified atom stereocenters. The van der Waals surface area contributed by atoms with E-state index in [-0.39, 0.29) is 32.5 Å². The van der Waals surface area contributed by atoms with Crippen molar-refractivity contribution in [2.45, 2.75) is 157 Å². The van der Waals surface area contributed by atoms with Crippen LogP contribution in [0.15, 0.2) is 121 Å². The summed E-state index contributed by atoms with van der Waals surface area (Å²) in [5, 5.41) is 2.20. The Hall–Kier alpha value is -7.37. The fourth-order valence-electron chi connectivity index (χ4n) is 10.9. The third-order valence-electron chi connectivity index (χ3n) is 16.0. The van der Waals surface area contributed by atoms with Crippen LogP contribution in [0.4, 0.5) is 0 Å². The van der Waals surface area contributed by atoms with Crippen LogP contribution in [0.2, 0.25) is 0 Å². The van der Waals surface area contributed by atoms with Crippen molar-refractivity contribution in [2.75, 3.05) is 0 Å². The van der Waals surface area contributed by atoms with Gasteiger partial charge in [-0.05, 0) is 141 Å². The zero-order chi connectivity index (χ0) is 56.2. The lowest BCUT2D eigenvalue weighted by Crippen LogP contribution is -2.16. The summed E-state index contributed by atoms with van der Waals surface area (Å²) in [6, 6.07) is 44.8. The first-order chi connectivity index (χ1) is 36.4. The maximum absolute atomic E-state index is 14.2. The number of benzene rings is 5. The average Bonchev–Trinajstić information content (AvgIpc) is 4.23. The molecule has 0 spiro atoms. The molecule has 78 heavy (non-hydrogen) atoms. The molecule has 5 heterocycles. The summed E-state index contributed by atoms with van der Waals surface area (Å²) in [6.07, 6.45) is 7.59. The van der Waals surface area contributed by atoms with Crippen LogP contribution in [0.3, 0.4) is 0 Å². The Morgan fingerprint density at radius 1 is 0.385 bits per heavy atom. The molecule has 8 bridgehead atoms. The summed E-state index contributed by atoms with van der Waals surface area (Å²) in [6.45, 7) is 41.2. The Balaban J connectivity index is 1.46. The Morgan fingerprint density at radius 2 is 0.744 bits per heavy atom. The van der Waals surface area contributed by atoms with Crippen LogP contribution in [0.25, 0.3) is 90.0 Å². The van der Waals surface area contributed by atoms with Crippen molar-refractivity contribution >= 4 is 62.9 Å². The predicted molar refractivity (Wildman–Crippen MR) is 335 cm³/mol. The van der Waals surface area contributed by atoms with Crippen LogP contribution >= 0.6 is 0 Å². The smallest absolute Gasteiger partial charge is 0.154 e. The number of carbonyl (C=O) groups is 1. The lowest BCUT2D eigenvalue weighted by atomic mass is 9.78. The monoisotopic (exact) mass is 1030 g/mol.